The Hall–Kier alpha value is -3.30. The fourth-order valence-electron chi connectivity index (χ4n) is 5.02. The highest BCUT2D eigenvalue weighted by atomic mass is 16.5. The van der Waals surface area contributed by atoms with Gasteiger partial charge in [-0.3, -0.25) is 14.6 Å². The van der Waals surface area contributed by atoms with Gasteiger partial charge in [-0.05, 0) is 69.6 Å². The average Bonchev–Trinajstić information content (AvgIpc) is 3.40. The lowest BCUT2D eigenvalue weighted by molar-refractivity contribution is -0.123. The van der Waals surface area contributed by atoms with Gasteiger partial charge in [-0.25, -0.2) is 4.98 Å². The maximum absolute atomic E-state index is 11.4. The molecule has 1 aromatic carbocycles. The van der Waals surface area contributed by atoms with Gasteiger partial charge in [0.1, 0.15) is 5.82 Å². The van der Waals surface area contributed by atoms with Crippen LogP contribution in [-0.2, 0) is 11.3 Å². The van der Waals surface area contributed by atoms with Crippen molar-refractivity contribution in [1.82, 2.24) is 24.9 Å². The van der Waals surface area contributed by atoms with E-state index in [1.165, 1.54) is 5.56 Å². The Bertz CT molecular complexity index is 1140. The molecule has 0 unspecified atom stereocenters. The molecule has 9 heteroatoms. The molecule has 1 amide bonds. The fraction of sp³-hybridized carbons (Fsp3) is 0.481. The summed E-state index contributed by atoms with van der Waals surface area (Å²) in [4.78, 5) is 27.8. The molecule has 0 saturated carbocycles. The lowest BCUT2D eigenvalue weighted by Crippen LogP contribution is -2.49. The largest absolute Gasteiger partial charge is 0.369 e. The number of aromatic nitrogens is 3. The fourth-order valence-corrected chi connectivity index (χ4v) is 5.02. The lowest BCUT2D eigenvalue weighted by Gasteiger charge is -2.37. The molecule has 190 valence electrons. The summed E-state index contributed by atoms with van der Waals surface area (Å²) in [5, 5.41) is 4.18. The van der Waals surface area contributed by atoms with Gasteiger partial charge in [-0.1, -0.05) is 17.3 Å². The molecule has 5 rings (SSSR count). The molecule has 0 atom stereocenters. The molecule has 0 bridgehead atoms. The topological polar surface area (TPSA) is 105 Å². The summed E-state index contributed by atoms with van der Waals surface area (Å²) >= 11 is 0. The standard InChI is InChI=1S/C27H35N7O2/c1-19(2)33-13-15-34(16-14-33)24-8-7-23(17-29-24)26-30-27(36-31-26)22-5-3-20(4-6-22)18-32-11-9-21(10-12-32)25(28)35/h3-8,17,19,21H,9-16,18H2,1-2H3,(H2,28,35). The Morgan fingerprint density at radius 3 is 2.31 bits per heavy atom. The summed E-state index contributed by atoms with van der Waals surface area (Å²) in [6.07, 6.45) is 3.49. The minimum absolute atomic E-state index is 0.0159. The lowest BCUT2D eigenvalue weighted by atomic mass is 9.96. The van der Waals surface area contributed by atoms with E-state index in [0.717, 1.165) is 75.6 Å². The molecule has 2 aliphatic rings. The van der Waals surface area contributed by atoms with Crippen LogP contribution in [0, 0.1) is 5.92 Å². The van der Waals surface area contributed by atoms with Crippen molar-refractivity contribution in [2.75, 3.05) is 44.2 Å². The highest BCUT2D eigenvalue weighted by molar-refractivity contribution is 5.76. The van der Waals surface area contributed by atoms with Crippen LogP contribution in [0.25, 0.3) is 22.8 Å². The quantitative estimate of drug-likeness (QED) is 0.540. The van der Waals surface area contributed by atoms with Crippen molar-refractivity contribution >= 4 is 11.7 Å². The number of primary amides is 1. The van der Waals surface area contributed by atoms with Gasteiger partial charge >= 0.3 is 0 Å². The van der Waals surface area contributed by atoms with Gasteiger partial charge in [-0.15, -0.1) is 0 Å². The second kappa shape index (κ2) is 10.8. The van der Waals surface area contributed by atoms with Crippen molar-refractivity contribution < 1.29 is 9.32 Å². The number of anilines is 1. The minimum atomic E-state index is -0.176. The van der Waals surface area contributed by atoms with Gasteiger partial charge in [0.15, 0.2) is 0 Å². The number of carbonyl (C=O) groups is 1. The first-order chi connectivity index (χ1) is 17.5. The number of piperazine rings is 1. The van der Waals surface area contributed by atoms with Crippen molar-refractivity contribution in [3.8, 4) is 22.8 Å². The van der Waals surface area contributed by atoms with Crippen molar-refractivity contribution in [2.45, 2.75) is 39.3 Å². The number of hydrogen-bond acceptors (Lipinski definition) is 8. The van der Waals surface area contributed by atoms with Gasteiger partial charge < -0.3 is 15.2 Å². The van der Waals surface area contributed by atoms with Crippen molar-refractivity contribution in [2.24, 2.45) is 11.7 Å². The van der Waals surface area contributed by atoms with Gasteiger partial charge in [0.05, 0.1) is 0 Å². The first-order valence-electron chi connectivity index (χ1n) is 12.9. The molecule has 9 nitrogen and oxygen atoms in total. The third-order valence-electron chi connectivity index (χ3n) is 7.40. The van der Waals surface area contributed by atoms with E-state index in [9.17, 15) is 4.79 Å². The Kier molecular flexibility index (Phi) is 7.29. The predicted octanol–water partition coefficient (Wildman–Crippen LogP) is 3.03. The van der Waals surface area contributed by atoms with E-state index >= 15 is 0 Å². The Balaban J connectivity index is 1.18. The average molecular weight is 490 g/mol. The summed E-state index contributed by atoms with van der Waals surface area (Å²) in [7, 11) is 0. The molecule has 0 aliphatic carbocycles. The van der Waals surface area contributed by atoms with E-state index in [1.54, 1.807) is 0 Å². The number of rotatable bonds is 7. The van der Waals surface area contributed by atoms with Gasteiger partial charge in [-0.2, -0.15) is 4.98 Å². The molecular weight excluding hydrogens is 454 g/mol. The van der Waals surface area contributed by atoms with E-state index in [1.807, 2.05) is 30.5 Å². The second-order valence-corrected chi connectivity index (χ2v) is 10.1. The van der Waals surface area contributed by atoms with Crippen LogP contribution >= 0.6 is 0 Å². The molecule has 4 heterocycles. The number of amides is 1. The molecule has 0 spiro atoms. The first kappa shape index (κ1) is 24.4. The van der Waals surface area contributed by atoms with E-state index < -0.39 is 0 Å². The number of benzene rings is 1. The number of piperidine rings is 1. The second-order valence-electron chi connectivity index (χ2n) is 10.1. The third-order valence-corrected chi connectivity index (χ3v) is 7.40. The number of nitrogens with two attached hydrogens (primary N) is 1. The van der Waals surface area contributed by atoms with Gasteiger partial charge in [0.2, 0.25) is 11.7 Å². The number of nitrogens with zero attached hydrogens (tertiary/aromatic N) is 6. The van der Waals surface area contributed by atoms with E-state index in [2.05, 4.69) is 55.8 Å². The van der Waals surface area contributed by atoms with Crippen LogP contribution in [0.1, 0.15) is 32.3 Å². The molecule has 2 aliphatic heterocycles. The summed E-state index contributed by atoms with van der Waals surface area (Å²) in [6.45, 7) is 11.2. The highest BCUT2D eigenvalue weighted by Crippen LogP contribution is 2.25. The molecule has 36 heavy (non-hydrogen) atoms. The van der Waals surface area contributed by atoms with Crippen LogP contribution in [0.3, 0.4) is 0 Å². The SMILES string of the molecule is CC(C)N1CCN(c2ccc(-c3noc(-c4ccc(CN5CCC(C(N)=O)CC5)cc4)n3)cn2)CC1. The molecule has 3 aromatic rings. The zero-order valence-corrected chi connectivity index (χ0v) is 21.1. The summed E-state index contributed by atoms with van der Waals surface area (Å²) in [5.41, 5.74) is 8.38. The zero-order valence-electron chi connectivity index (χ0n) is 21.1. The molecule has 2 N–H and O–H groups in total. The summed E-state index contributed by atoms with van der Waals surface area (Å²) < 4.78 is 5.55. The number of pyridine rings is 1. The third kappa shape index (κ3) is 5.57. The summed E-state index contributed by atoms with van der Waals surface area (Å²) in [5.74, 6) is 1.86. The number of carbonyl (C=O) groups excluding carboxylic acids is 1. The summed E-state index contributed by atoms with van der Waals surface area (Å²) in [6, 6.07) is 12.8. The van der Waals surface area contributed by atoms with Gasteiger partial charge in [0, 0.05) is 62.0 Å². The van der Waals surface area contributed by atoms with Crippen LogP contribution in [0.5, 0.6) is 0 Å². The Morgan fingerprint density at radius 2 is 1.69 bits per heavy atom. The molecular formula is C27H35N7O2. The minimum Gasteiger partial charge on any atom is -0.369 e. The van der Waals surface area contributed by atoms with E-state index in [-0.39, 0.29) is 11.8 Å². The predicted molar refractivity (Wildman–Crippen MR) is 139 cm³/mol. The molecule has 2 saturated heterocycles. The highest BCUT2D eigenvalue weighted by Gasteiger charge is 2.23. The van der Waals surface area contributed by atoms with Crippen LogP contribution in [0.15, 0.2) is 47.1 Å². The van der Waals surface area contributed by atoms with Crippen LogP contribution in [0.4, 0.5) is 5.82 Å². The van der Waals surface area contributed by atoms with Crippen molar-refractivity contribution in [3.05, 3.63) is 48.2 Å². The van der Waals surface area contributed by atoms with Crippen LogP contribution in [0.2, 0.25) is 0 Å². The van der Waals surface area contributed by atoms with Crippen molar-refractivity contribution in [1.29, 1.82) is 0 Å². The number of hydrogen-bond donors (Lipinski definition) is 1. The Morgan fingerprint density at radius 1 is 1.00 bits per heavy atom. The maximum atomic E-state index is 11.4. The molecule has 0 radical (unpaired) electrons. The number of likely N-dealkylation sites (tertiary alicyclic amines) is 1. The monoisotopic (exact) mass is 489 g/mol. The van der Waals surface area contributed by atoms with E-state index in [4.69, 9.17) is 10.3 Å². The zero-order chi connectivity index (χ0) is 25.1. The maximum Gasteiger partial charge on any atom is 0.258 e. The van der Waals surface area contributed by atoms with Crippen LogP contribution < -0.4 is 10.6 Å². The Labute approximate surface area is 212 Å². The normalized spacial score (nSPS) is 18.1. The van der Waals surface area contributed by atoms with Crippen molar-refractivity contribution in [3.63, 3.8) is 0 Å². The molecule has 2 aromatic heterocycles. The smallest absolute Gasteiger partial charge is 0.258 e. The van der Waals surface area contributed by atoms with Gasteiger partial charge in [0.25, 0.3) is 5.89 Å². The van der Waals surface area contributed by atoms with E-state index in [0.29, 0.717) is 17.8 Å². The van der Waals surface area contributed by atoms with Crippen LogP contribution in [-0.4, -0.2) is 76.1 Å². The first-order valence-corrected chi connectivity index (χ1v) is 12.9. The molecule has 2 fully saturated rings.